The Balaban J connectivity index is 2.44. The zero-order chi connectivity index (χ0) is 14.0. The lowest BCUT2D eigenvalue weighted by molar-refractivity contribution is -0.147. The molecule has 1 unspecified atom stereocenters. The van der Waals surface area contributed by atoms with Gasteiger partial charge in [0.2, 0.25) is 0 Å². The Morgan fingerprint density at radius 1 is 1.26 bits per heavy atom. The van der Waals surface area contributed by atoms with E-state index in [2.05, 4.69) is 4.98 Å². The first-order valence-corrected chi connectivity index (χ1v) is 6.25. The van der Waals surface area contributed by atoms with Crippen molar-refractivity contribution in [1.82, 2.24) is 4.98 Å². The van der Waals surface area contributed by atoms with Gasteiger partial charge >= 0.3 is 5.97 Å². The maximum Gasteiger partial charge on any atom is 0.345 e. The zero-order valence-electron chi connectivity index (χ0n) is 11.3. The number of fused-ring (bicyclic) bond motifs is 1. The summed E-state index contributed by atoms with van der Waals surface area (Å²) < 4.78 is 5.64. The summed E-state index contributed by atoms with van der Waals surface area (Å²) in [6, 6.07) is 9.40. The molecule has 0 saturated heterocycles. The zero-order valence-corrected chi connectivity index (χ0v) is 11.3. The van der Waals surface area contributed by atoms with Crippen molar-refractivity contribution in [2.75, 3.05) is 0 Å². The molecular weight excluding hydrogens is 242 g/mol. The molecule has 2 rings (SSSR count). The summed E-state index contributed by atoms with van der Waals surface area (Å²) in [6.45, 7) is 5.54. The highest BCUT2D eigenvalue weighted by Crippen LogP contribution is 2.26. The smallest absolute Gasteiger partial charge is 0.345 e. The molecule has 1 atom stereocenters. The lowest BCUT2D eigenvalue weighted by Gasteiger charge is -2.19. The number of benzene rings is 1. The average Bonchev–Trinajstić information content (AvgIpc) is 2.35. The minimum absolute atomic E-state index is 0.113. The van der Waals surface area contributed by atoms with Crippen molar-refractivity contribution in [3.05, 3.63) is 36.0 Å². The maximum absolute atomic E-state index is 11.2. The Bertz CT molecular complexity index is 607. The predicted molar refractivity (Wildman–Crippen MR) is 73.4 cm³/mol. The van der Waals surface area contributed by atoms with Crippen molar-refractivity contribution in [2.24, 2.45) is 5.92 Å². The van der Waals surface area contributed by atoms with Crippen molar-refractivity contribution in [3.63, 3.8) is 0 Å². The third-order valence-corrected chi connectivity index (χ3v) is 2.93. The van der Waals surface area contributed by atoms with E-state index in [9.17, 15) is 9.90 Å². The molecule has 2 aromatic rings. The van der Waals surface area contributed by atoms with Gasteiger partial charge in [-0.2, -0.15) is 0 Å². The van der Waals surface area contributed by atoms with Crippen LogP contribution in [0.1, 0.15) is 19.5 Å². The third kappa shape index (κ3) is 2.84. The van der Waals surface area contributed by atoms with E-state index in [1.54, 1.807) is 6.07 Å². The van der Waals surface area contributed by atoms with Crippen molar-refractivity contribution in [3.8, 4) is 5.75 Å². The van der Waals surface area contributed by atoms with Gasteiger partial charge < -0.3 is 9.84 Å². The summed E-state index contributed by atoms with van der Waals surface area (Å²) in [5, 5.41) is 10.1. The molecule has 0 aliphatic rings. The number of para-hydroxylation sites is 1. The number of ether oxygens (including phenoxy) is 1. The minimum atomic E-state index is -0.959. The number of aromatic nitrogens is 1. The lowest BCUT2D eigenvalue weighted by Crippen LogP contribution is -2.32. The number of pyridine rings is 1. The molecule has 0 aliphatic carbocycles. The van der Waals surface area contributed by atoms with Crippen LogP contribution in [0.25, 0.3) is 10.9 Å². The highest BCUT2D eigenvalue weighted by molar-refractivity contribution is 5.85. The van der Waals surface area contributed by atoms with Gasteiger partial charge in [-0.1, -0.05) is 32.0 Å². The second-order valence-electron chi connectivity index (χ2n) is 4.90. The molecule has 0 spiro atoms. The maximum atomic E-state index is 11.2. The first-order chi connectivity index (χ1) is 8.99. The fraction of sp³-hybridized carbons (Fsp3) is 0.333. The molecule has 1 heterocycles. The topological polar surface area (TPSA) is 59.4 Å². The Morgan fingerprint density at radius 2 is 2.00 bits per heavy atom. The molecule has 100 valence electrons. The minimum Gasteiger partial charge on any atom is -0.478 e. The molecule has 19 heavy (non-hydrogen) atoms. The van der Waals surface area contributed by atoms with Crippen LogP contribution in [-0.4, -0.2) is 22.2 Å². The van der Waals surface area contributed by atoms with E-state index in [1.807, 2.05) is 45.0 Å². The molecule has 1 aromatic carbocycles. The normalized spacial score (nSPS) is 12.6. The van der Waals surface area contributed by atoms with E-state index in [1.165, 1.54) is 0 Å². The Kier molecular flexibility index (Phi) is 3.69. The van der Waals surface area contributed by atoms with Crippen LogP contribution in [0, 0.1) is 12.8 Å². The van der Waals surface area contributed by atoms with Gasteiger partial charge in [0, 0.05) is 17.0 Å². The summed E-state index contributed by atoms with van der Waals surface area (Å²) in [5.41, 5.74) is 1.58. The lowest BCUT2D eigenvalue weighted by atomic mass is 10.1. The van der Waals surface area contributed by atoms with E-state index in [-0.39, 0.29) is 5.92 Å². The fourth-order valence-corrected chi connectivity index (χ4v) is 1.92. The molecule has 0 saturated carbocycles. The van der Waals surface area contributed by atoms with Crippen LogP contribution < -0.4 is 4.74 Å². The van der Waals surface area contributed by atoms with Crippen LogP contribution in [0.3, 0.4) is 0 Å². The third-order valence-electron chi connectivity index (χ3n) is 2.93. The number of aliphatic carboxylic acids is 1. The van der Waals surface area contributed by atoms with Crippen LogP contribution in [0.4, 0.5) is 0 Å². The molecule has 0 aliphatic heterocycles. The van der Waals surface area contributed by atoms with Gasteiger partial charge in [-0.15, -0.1) is 0 Å². The highest BCUT2D eigenvalue weighted by Gasteiger charge is 2.24. The molecule has 4 nitrogen and oxygen atoms in total. The van der Waals surface area contributed by atoms with Gasteiger partial charge in [-0.05, 0) is 19.1 Å². The SMILES string of the molecule is Cc1ccc2cccc(OC(C(=O)O)C(C)C)c2n1. The van der Waals surface area contributed by atoms with E-state index in [0.29, 0.717) is 11.3 Å². The van der Waals surface area contributed by atoms with Gasteiger partial charge in [-0.3, -0.25) is 0 Å². The monoisotopic (exact) mass is 259 g/mol. The van der Waals surface area contributed by atoms with Crippen LogP contribution in [0.2, 0.25) is 0 Å². The first-order valence-electron chi connectivity index (χ1n) is 6.25. The number of rotatable bonds is 4. The molecule has 0 fully saturated rings. The number of hydrogen-bond acceptors (Lipinski definition) is 3. The highest BCUT2D eigenvalue weighted by atomic mass is 16.5. The van der Waals surface area contributed by atoms with Gasteiger partial charge in [0.25, 0.3) is 0 Å². The van der Waals surface area contributed by atoms with Crippen LogP contribution in [0.15, 0.2) is 30.3 Å². The Hall–Kier alpha value is -2.10. The first kappa shape index (κ1) is 13.3. The number of hydrogen-bond donors (Lipinski definition) is 1. The number of nitrogens with zero attached hydrogens (tertiary/aromatic N) is 1. The van der Waals surface area contributed by atoms with Crippen molar-refractivity contribution in [2.45, 2.75) is 26.9 Å². The molecule has 1 N–H and O–H groups in total. The summed E-state index contributed by atoms with van der Waals surface area (Å²) in [5.74, 6) is -0.556. The predicted octanol–water partition coefficient (Wildman–Crippen LogP) is 3.03. The molecule has 1 aromatic heterocycles. The molecular formula is C15H17NO3. The van der Waals surface area contributed by atoms with E-state index in [4.69, 9.17) is 4.74 Å². The number of carboxylic acid groups (broad SMARTS) is 1. The molecule has 0 radical (unpaired) electrons. The Labute approximate surface area is 112 Å². The van der Waals surface area contributed by atoms with Crippen molar-refractivity contribution in [1.29, 1.82) is 0 Å². The Morgan fingerprint density at radius 3 is 2.63 bits per heavy atom. The van der Waals surface area contributed by atoms with Gasteiger partial charge in [0.15, 0.2) is 6.10 Å². The average molecular weight is 259 g/mol. The van der Waals surface area contributed by atoms with Crippen LogP contribution in [-0.2, 0) is 4.79 Å². The van der Waals surface area contributed by atoms with Crippen LogP contribution >= 0.6 is 0 Å². The fourth-order valence-electron chi connectivity index (χ4n) is 1.92. The number of carboxylic acids is 1. The summed E-state index contributed by atoms with van der Waals surface area (Å²) >= 11 is 0. The largest absolute Gasteiger partial charge is 0.478 e. The second kappa shape index (κ2) is 5.26. The van der Waals surface area contributed by atoms with Crippen molar-refractivity contribution >= 4 is 16.9 Å². The van der Waals surface area contributed by atoms with Crippen LogP contribution in [0.5, 0.6) is 5.75 Å². The quantitative estimate of drug-likeness (QED) is 0.916. The summed E-state index contributed by atoms with van der Waals surface area (Å²) in [7, 11) is 0. The summed E-state index contributed by atoms with van der Waals surface area (Å²) in [6.07, 6.45) is -0.868. The van der Waals surface area contributed by atoms with Gasteiger partial charge in [-0.25, -0.2) is 9.78 Å². The second-order valence-corrected chi connectivity index (χ2v) is 4.90. The van der Waals surface area contributed by atoms with Crippen molar-refractivity contribution < 1.29 is 14.6 Å². The number of aryl methyl sites for hydroxylation is 1. The van der Waals surface area contributed by atoms with E-state index >= 15 is 0 Å². The molecule has 4 heteroatoms. The molecule has 0 bridgehead atoms. The van der Waals surface area contributed by atoms with Gasteiger partial charge in [0.1, 0.15) is 11.3 Å². The molecule has 0 amide bonds. The number of carbonyl (C=O) groups is 1. The van der Waals surface area contributed by atoms with Gasteiger partial charge in [0.05, 0.1) is 0 Å². The van der Waals surface area contributed by atoms with E-state index in [0.717, 1.165) is 11.1 Å². The van der Waals surface area contributed by atoms with E-state index < -0.39 is 12.1 Å². The summed E-state index contributed by atoms with van der Waals surface area (Å²) in [4.78, 5) is 15.6. The standard InChI is InChI=1S/C15H17NO3/c1-9(2)14(15(17)18)19-12-6-4-5-11-8-7-10(3)16-13(11)12/h4-9,14H,1-3H3,(H,17,18).